The minimum absolute atomic E-state index is 0.0953. The second kappa shape index (κ2) is 6.24. The van der Waals surface area contributed by atoms with Gasteiger partial charge in [0.05, 0.1) is 23.7 Å². The molecule has 6 heteroatoms. The Bertz CT molecular complexity index is 697. The Balaban J connectivity index is 2.52. The van der Waals surface area contributed by atoms with Gasteiger partial charge in [0.2, 0.25) is 0 Å². The number of hydrogen-bond acceptors (Lipinski definition) is 3. The SMILES string of the molecule is Cc1cc(F)cc(S(=O)(=O)N(CCO)c2ccccc2)c1. The van der Waals surface area contributed by atoms with Crippen molar-refractivity contribution in [2.75, 3.05) is 17.5 Å². The average molecular weight is 309 g/mol. The molecule has 0 saturated carbocycles. The van der Waals surface area contributed by atoms with Crippen LogP contribution in [0.2, 0.25) is 0 Å². The van der Waals surface area contributed by atoms with Crippen LogP contribution in [0.3, 0.4) is 0 Å². The number of aliphatic hydroxyl groups excluding tert-OH is 1. The molecule has 0 spiro atoms. The minimum atomic E-state index is -3.93. The van der Waals surface area contributed by atoms with Crippen LogP contribution in [0.15, 0.2) is 53.4 Å². The third-order valence-corrected chi connectivity index (χ3v) is 4.76. The first-order valence-corrected chi connectivity index (χ1v) is 7.85. The van der Waals surface area contributed by atoms with Crippen molar-refractivity contribution in [3.63, 3.8) is 0 Å². The summed E-state index contributed by atoms with van der Waals surface area (Å²) in [5.41, 5.74) is 0.944. The predicted octanol–water partition coefficient (Wildman–Crippen LogP) is 2.32. The van der Waals surface area contributed by atoms with Gasteiger partial charge in [-0.25, -0.2) is 12.8 Å². The number of benzene rings is 2. The monoisotopic (exact) mass is 309 g/mol. The second-order valence-corrected chi connectivity index (χ2v) is 6.46. The van der Waals surface area contributed by atoms with Crippen LogP contribution in [-0.4, -0.2) is 26.7 Å². The molecule has 2 aromatic rings. The Kier molecular flexibility index (Phi) is 4.59. The van der Waals surface area contributed by atoms with Gasteiger partial charge < -0.3 is 5.11 Å². The Labute approximate surface area is 123 Å². The highest BCUT2D eigenvalue weighted by atomic mass is 32.2. The fraction of sp³-hybridized carbons (Fsp3) is 0.200. The highest BCUT2D eigenvalue weighted by Gasteiger charge is 2.25. The summed E-state index contributed by atoms with van der Waals surface area (Å²) in [6, 6.07) is 12.1. The molecule has 0 heterocycles. The van der Waals surface area contributed by atoms with Crippen LogP contribution in [0.5, 0.6) is 0 Å². The molecular weight excluding hydrogens is 293 g/mol. The van der Waals surface area contributed by atoms with Gasteiger partial charge in [0.1, 0.15) is 5.82 Å². The maximum Gasteiger partial charge on any atom is 0.264 e. The van der Waals surface area contributed by atoms with Crippen molar-refractivity contribution in [2.45, 2.75) is 11.8 Å². The van der Waals surface area contributed by atoms with E-state index in [2.05, 4.69) is 0 Å². The molecule has 0 amide bonds. The van der Waals surface area contributed by atoms with Gasteiger partial charge in [0.15, 0.2) is 0 Å². The highest BCUT2D eigenvalue weighted by molar-refractivity contribution is 7.92. The Morgan fingerprint density at radius 1 is 1.14 bits per heavy atom. The van der Waals surface area contributed by atoms with Gasteiger partial charge in [-0.2, -0.15) is 0 Å². The van der Waals surface area contributed by atoms with Crippen molar-refractivity contribution in [3.8, 4) is 0 Å². The van der Waals surface area contributed by atoms with Gasteiger partial charge in [-0.15, -0.1) is 0 Å². The summed E-state index contributed by atoms with van der Waals surface area (Å²) < 4.78 is 39.9. The lowest BCUT2D eigenvalue weighted by Gasteiger charge is -2.23. The highest BCUT2D eigenvalue weighted by Crippen LogP contribution is 2.24. The van der Waals surface area contributed by atoms with Crippen molar-refractivity contribution < 1.29 is 17.9 Å². The molecule has 21 heavy (non-hydrogen) atoms. The molecule has 0 aliphatic heterocycles. The zero-order chi connectivity index (χ0) is 15.5. The molecular formula is C15H16FNO3S. The van der Waals surface area contributed by atoms with E-state index in [9.17, 15) is 12.8 Å². The second-order valence-electron chi connectivity index (χ2n) is 4.60. The number of nitrogens with zero attached hydrogens (tertiary/aromatic N) is 1. The number of aryl methyl sites for hydroxylation is 1. The predicted molar refractivity (Wildman–Crippen MR) is 79.2 cm³/mol. The maximum absolute atomic E-state index is 13.5. The van der Waals surface area contributed by atoms with Crippen molar-refractivity contribution in [1.29, 1.82) is 0 Å². The average Bonchev–Trinajstić information content (AvgIpc) is 2.44. The van der Waals surface area contributed by atoms with Gasteiger partial charge in [-0.05, 0) is 42.8 Å². The summed E-state index contributed by atoms with van der Waals surface area (Å²) in [7, 11) is -3.93. The number of halogens is 1. The molecule has 0 aliphatic rings. The van der Waals surface area contributed by atoms with E-state index in [0.29, 0.717) is 11.3 Å². The van der Waals surface area contributed by atoms with E-state index in [1.54, 1.807) is 37.3 Å². The van der Waals surface area contributed by atoms with Crippen molar-refractivity contribution in [1.82, 2.24) is 0 Å². The quantitative estimate of drug-likeness (QED) is 0.922. The van der Waals surface area contributed by atoms with Gasteiger partial charge in [-0.1, -0.05) is 18.2 Å². The number of rotatable bonds is 5. The van der Waals surface area contributed by atoms with E-state index >= 15 is 0 Å². The van der Waals surface area contributed by atoms with Crippen LogP contribution in [-0.2, 0) is 10.0 Å². The van der Waals surface area contributed by atoms with Gasteiger partial charge in [0.25, 0.3) is 10.0 Å². The molecule has 0 radical (unpaired) electrons. The normalized spacial score (nSPS) is 11.4. The summed E-state index contributed by atoms with van der Waals surface area (Å²) in [4.78, 5) is -0.127. The van der Waals surface area contributed by atoms with Gasteiger partial charge in [-0.3, -0.25) is 4.31 Å². The molecule has 2 aromatic carbocycles. The largest absolute Gasteiger partial charge is 0.394 e. The molecule has 0 bridgehead atoms. The molecule has 0 aliphatic carbocycles. The van der Waals surface area contributed by atoms with E-state index < -0.39 is 15.8 Å². The van der Waals surface area contributed by atoms with E-state index in [4.69, 9.17) is 5.11 Å². The van der Waals surface area contributed by atoms with Crippen LogP contribution in [0.4, 0.5) is 10.1 Å². The van der Waals surface area contributed by atoms with Gasteiger partial charge >= 0.3 is 0 Å². The molecule has 0 fully saturated rings. The summed E-state index contributed by atoms with van der Waals surface area (Å²) in [5.74, 6) is -0.606. The van der Waals surface area contributed by atoms with Crippen LogP contribution < -0.4 is 4.31 Å². The van der Waals surface area contributed by atoms with Crippen molar-refractivity contribution >= 4 is 15.7 Å². The number of hydrogen-bond donors (Lipinski definition) is 1. The molecule has 0 aromatic heterocycles. The zero-order valence-electron chi connectivity index (χ0n) is 11.5. The van der Waals surface area contributed by atoms with Crippen molar-refractivity contribution in [3.05, 3.63) is 59.9 Å². The van der Waals surface area contributed by atoms with Crippen LogP contribution in [0.25, 0.3) is 0 Å². The van der Waals surface area contributed by atoms with Crippen LogP contribution in [0, 0.1) is 12.7 Å². The molecule has 1 N–H and O–H groups in total. The molecule has 0 saturated heterocycles. The summed E-state index contributed by atoms with van der Waals surface area (Å²) in [6.07, 6.45) is 0. The third kappa shape index (κ3) is 3.40. The Hall–Kier alpha value is -1.92. The van der Waals surface area contributed by atoms with Crippen molar-refractivity contribution in [2.24, 2.45) is 0 Å². The lowest BCUT2D eigenvalue weighted by atomic mass is 10.2. The van der Waals surface area contributed by atoms with E-state index in [1.165, 1.54) is 12.1 Å². The van der Waals surface area contributed by atoms with Gasteiger partial charge in [0, 0.05) is 0 Å². The first-order chi connectivity index (χ1) is 9.95. The molecule has 0 atom stereocenters. The number of para-hydroxylation sites is 1. The standard InChI is InChI=1S/C15H16FNO3S/c1-12-9-13(16)11-15(10-12)21(19,20)17(7-8-18)14-5-3-2-4-6-14/h2-6,9-11,18H,7-8H2,1H3. The minimum Gasteiger partial charge on any atom is -0.394 e. The topological polar surface area (TPSA) is 57.6 Å². The smallest absolute Gasteiger partial charge is 0.264 e. The fourth-order valence-corrected chi connectivity index (χ4v) is 3.62. The van der Waals surface area contributed by atoms with Crippen LogP contribution >= 0.6 is 0 Å². The van der Waals surface area contributed by atoms with E-state index in [-0.39, 0.29) is 18.0 Å². The first kappa shape index (κ1) is 15.5. The van der Waals surface area contributed by atoms with Crippen LogP contribution in [0.1, 0.15) is 5.56 Å². The molecule has 4 nitrogen and oxygen atoms in total. The third-order valence-electron chi connectivity index (χ3n) is 2.95. The molecule has 112 valence electrons. The lowest BCUT2D eigenvalue weighted by Crippen LogP contribution is -2.33. The number of sulfonamides is 1. The Morgan fingerprint density at radius 3 is 2.38 bits per heavy atom. The van der Waals surface area contributed by atoms with E-state index in [0.717, 1.165) is 10.4 Å². The number of anilines is 1. The Morgan fingerprint density at radius 2 is 1.81 bits per heavy atom. The summed E-state index contributed by atoms with van der Waals surface area (Å²) in [6.45, 7) is 1.20. The van der Waals surface area contributed by atoms with E-state index in [1.807, 2.05) is 0 Å². The molecule has 2 rings (SSSR count). The maximum atomic E-state index is 13.5. The zero-order valence-corrected chi connectivity index (χ0v) is 12.3. The number of aliphatic hydroxyl groups is 1. The summed E-state index contributed by atoms with van der Waals surface area (Å²) >= 11 is 0. The lowest BCUT2D eigenvalue weighted by molar-refractivity contribution is 0.306. The molecule has 0 unspecified atom stereocenters. The summed E-state index contributed by atoms with van der Waals surface area (Å²) in [5, 5.41) is 9.14. The fourth-order valence-electron chi connectivity index (χ4n) is 2.05. The first-order valence-electron chi connectivity index (χ1n) is 6.41.